The van der Waals surface area contributed by atoms with Gasteiger partial charge in [0.25, 0.3) is 0 Å². The molecule has 0 saturated carbocycles. The fourth-order valence-corrected chi connectivity index (χ4v) is 2.75. The highest BCUT2D eigenvalue weighted by Gasteiger charge is 2.23. The van der Waals surface area contributed by atoms with E-state index in [0.717, 1.165) is 23.2 Å². The van der Waals surface area contributed by atoms with Crippen LogP contribution in [0.25, 0.3) is 0 Å². The van der Waals surface area contributed by atoms with Crippen LogP contribution in [0.3, 0.4) is 0 Å². The maximum Gasteiger partial charge on any atom is 0.238 e. The molecule has 2 atom stereocenters. The van der Waals surface area contributed by atoms with Crippen LogP contribution in [0.2, 0.25) is 0 Å². The molecular formula is C14H19BrN2O2. The molecule has 1 aromatic rings. The maximum atomic E-state index is 12.0. The number of carbonyl (C=O) groups is 1. The van der Waals surface area contributed by atoms with Gasteiger partial charge in [-0.3, -0.25) is 9.69 Å². The Balaban J connectivity index is 1.89. The van der Waals surface area contributed by atoms with Gasteiger partial charge in [-0.05, 0) is 41.9 Å². The van der Waals surface area contributed by atoms with Gasteiger partial charge in [0.1, 0.15) is 0 Å². The molecule has 1 N–H and O–H groups in total. The molecule has 0 bridgehead atoms. The van der Waals surface area contributed by atoms with Gasteiger partial charge < -0.3 is 10.1 Å². The Kier molecular flexibility index (Phi) is 4.96. The Bertz CT molecular complexity index is 443. The van der Waals surface area contributed by atoms with Crippen molar-refractivity contribution in [2.45, 2.75) is 26.1 Å². The van der Waals surface area contributed by atoms with E-state index in [1.165, 1.54) is 0 Å². The average molecular weight is 327 g/mol. The molecule has 1 amide bonds. The molecule has 2 rings (SSSR count). The molecule has 1 saturated heterocycles. The monoisotopic (exact) mass is 326 g/mol. The topological polar surface area (TPSA) is 41.6 Å². The number of amides is 1. The molecule has 4 nitrogen and oxygen atoms in total. The van der Waals surface area contributed by atoms with E-state index in [1.54, 1.807) is 0 Å². The van der Waals surface area contributed by atoms with Crippen LogP contribution in [0.5, 0.6) is 0 Å². The molecule has 1 fully saturated rings. The van der Waals surface area contributed by atoms with Crippen molar-refractivity contribution in [3.63, 3.8) is 0 Å². The zero-order valence-corrected chi connectivity index (χ0v) is 12.8. The fourth-order valence-electron chi connectivity index (χ4n) is 2.37. The first kappa shape index (κ1) is 14.5. The van der Waals surface area contributed by atoms with E-state index >= 15 is 0 Å². The number of rotatable bonds is 3. The summed E-state index contributed by atoms with van der Waals surface area (Å²) in [6.45, 7) is 6.07. The fraction of sp³-hybridized carbons (Fsp3) is 0.500. The van der Waals surface area contributed by atoms with Gasteiger partial charge >= 0.3 is 0 Å². The van der Waals surface area contributed by atoms with Crippen LogP contribution in [-0.4, -0.2) is 42.6 Å². The second-order valence-corrected chi connectivity index (χ2v) is 5.83. The summed E-state index contributed by atoms with van der Waals surface area (Å²) in [4.78, 5) is 14.2. The Morgan fingerprint density at radius 3 is 2.63 bits per heavy atom. The summed E-state index contributed by atoms with van der Waals surface area (Å²) >= 11 is 3.42. The van der Waals surface area contributed by atoms with Crippen molar-refractivity contribution in [1.29, 1.82) is 0 Å². The van der Waals surface area contributed by atoms with Crippen LogP contribution in [0.4, 0.5) is 5.69 Å². The molecule has 0 spiro atoms. The predicted molar refractivity (Wildman–Crippen MR) is 79.2 cm³/mol. The SMILES string of the molecule is C[C@@H]1CN(CC(=O)Nc2ccccc2Br)C[C@H](C)O1. The Labute approximate surface area is 122 Å². The summed E-state index contributed by atoms with van der Waals surface area (Å²) in [7, 11) is 0. The van der Waals surface area contributed by atoms with Crippen LogP contribution in [-0.2, 0) is 9.53 Å². The molecule has 0 aromatic heterocycles. The number of benzene rings is 1. The molecule has 5 heteroatoms. The van der Waals surface area contributed by atoms with E-state index in [1.807, 2.05) is 38.1 Å². The minimum absolute atomic E-state index is 0.00759. The highest BCUT2D eigenvalue weighted by Crippen LogP contribution is 2.21. The minimum Gasteiger partial charge on any atom is -0.373 e. The number of para-hydroxylation sites is 1. The Hall–Kier alpha value is -0.910. The number of morpholine rings is 1. The molecule has 1 heterocycles. The van der Waals surface area contributed by atoms with Crippen molar-refractivity contribution < 1.29 is 9.53 Å². The third-order valence-electron chi connectivity index (χ3n) is 3.01. The third-order valence-corrected chi connectivity index (χ3v) is 3.70. The lowest BCUT2D eigenvalue weighted by Gasteiger charge is -2.34. The normalized spacial score (nSPS) is 24.2. The summed E-state index contributed by atoms with van der Waals surface area (Å²) < 4.78 is 6.55. The Morgan fingerprint density at radius 1 is 1.37 bits per heavy atom. The molecule has 0 radical (unpaired) electrons. The van der Waals surface area contributed by atoms with E-state index < -0.39 is 0 Å². The van der Waals surface area contributed by atoms with Crippen LogP contribution in [0.1, 0.15) is 13.8 Å². The molecular weight excluding hydrogens is 308 g/mol. The number of nitrogens with zero attached hydrogens (tertiary/aromatic N) is 1. The number of ether oxygens (including phenoxy) is 1. The van der Waals surface area contributed by atoms with Crippen molar-refractivity contribution in [3.8, 4) is 0 Å². The number of halogens is 1. The van der Waals surface area contributed by atoms with Gasteiger partial charge in [-0.1, -0.05) is 12.1 Å². The first-order valence-corrected chi connectivity index (χ1v) is 7.26. The van der Waals surface area contributed by atoms with Gasteiger partial charge in [-0.2, -0.15) is 0 Å². The second-order valence-electron chi connectivity index (χ2n) is 4.98. The largest absolute Gasteiger partial charge is 0.373 e. The van der Waals surface area contributed by atoms with Gasteiger partial charge in [0, 0.05) is 17.6 Å². The molecule has 0 aliphatic carbocycles. The van der Waals surface area contributed by atoms with Crippen molar-refractivity contribution in [2.75, 3.05) is 25.0 Å². The van der Waals surface area contributed by atoms with Gasteiger partial charge in [-0.25, -0.2) is 0 Å². The van der Waals surface area contributed by atoms with Gasteiger partial charge in [-0.15, -0.1) is 0 Å². The molecule has 0 unspecified atom stereocenters. The van der Waals surface area contributed by atoms with Crippen molar-refractivity contribution in [3.05, 3.63) is 28.7 Å². The molecule has 104 valence electrons. The Morgan fingerprint density at radius 2 is 2.00 bits per heavy atom. The minimum atomic E-state index is 0.00759. The average Bonchev–Trinajstić information content (AvgIpc) is 2.30. The zero-order chi connectivity index (χ0) is 13.8. The van der Waals surface area contributed by atoms with E-state index in [4.69, 9.17) is 4.74 Å². The van der Waals surface area contributed by atoms with Crippen LogP contribution < -0.4 is 5.32 Å². The summed E-state index contributed by atoms with van der Waals surface area (Å²) in [5.41, 5.74) is 0.807. The smallest absolute Gasteiger partial charge is 0.238 e. The lowest BCUT2D eigenvalue weighted by atomic mass is 10.2. The lowest BCUT2D eigenvalue weighted by molar-refractivity contribution is -0.121. The number of anilines is 1. The van der Waals surface area contributed by atoms with E-state index in [2.05, 4.69) is 26.1 Å². The molecule has 1 aliphatic heterocycles. The predicted octanol–water partition coefficient (Wildman–Crippen LogP) is 2.50. The van der Waals surface area contributed by atoms with E-state index in [9.17, 15) is 4.79 Å². The number of nitrogens with one attached hydrogen (secondary N) is 1. The van der Waals surface area contributed by atoms with Gasteiger partial charge in [0.2, 0.25) is 5.91 Å². The highest BCUT2D eigenvalue weighted by molar-refractivity contribution is 9.10. The van der Waals surface area contributed by atoms with E-state index in [0.29, 0.717) is 6.54 Å². The number of hydrogen-bond donors (Lipinski definition) is 1. The van der Waals surface area contributed by atoms with Crippen molar-refractivity contribution >= 4 is 27.5 Å². The van der Waals surface area contributed by atoms with Crippen molar-refractivity contribution in [2.24, 2.45) is 0 Å². The first-order chi connectivity index (χ1) is 9.04. The number of hydrogen-bond acceptors (Lipinski definition) is 3. The second kappa shape index (κ2) is 6.50. The number of carbonyl (C=O) groups excluding carboxylic acids is 1. The van der Waals surface area contributed by atoms with Crippen LogP contribution >= 0.6 is 15.9 Å². The van der Waals surface area contributed by atoms with Gasteiger partial charge in [0.15, 0.2) is 0 Å². The zero-order valence-electron chi connectivity index (χ0n) is 11.2. The molecule has 1 aliphatic rings. The summed E-state index contributed by atoms with van der Waals surface area (Å²) in [5, 5.41) is 2.92. The maximum absolute atomic E-state index is 12.0. The van der Waals surface area contributed by atoms with Crippen LogP contribution in [0.15, 0.2) is 28.7 Å². The highest BCUT2D eigenvalue weighted by atomic mass is 79.9. The first-order valence-electron chi connectivity index (χ1n) is 6.47. The quantitative estimate of drug-likeness (QED) is 0.927. The third kappa shape index (κ3) is 4.30. The summed E-state index contributed by atoms with van der Waals surface area (Å²) in [5.74, 6) is 0.00759. The molecule has 1 aromatic carbocycles. The van der Waals surface area contributed by atoms with Crippen LogP contribution in [0, 0.1) is 0 Å². The summed E-state index contributed by atoms with van der Waals surface area (Å²) in [6.07, 6.45) is 0.361. The molecule has 19 heavy (non-hydrogen) atoms. The standard InChI is InChI=1S/C14H19BrN2O2/c1-10-7-17(8-11(2)19-10)9-14(18)16-13-6-4-3-5-12(13)15/h3-6,10-11H,7-9H2,1-2H3,(H,16,18)/t10-,11+. The van der Waals surface area contributed by atoms with Crippen molar-refractivity contribution in [1.82, 2.24) is 4.90 Å². The van der Waals surface area contributed by atoms with Gasteiger partial charge in [0.05, 0.1) is 24.4 Å². The lowest BCUT2D eigenvalue weighted by Crippen LogP contribution is -2.48. The van der Waals surface area contributed by atoms with E-state index in [-0.39, 0.29) is 18.1 Å². The summed E-state index contributed by atoms with van der Waals surface area (Å²) in [6, 6.07) is 7.62.